The summed E-state index contributed by atoms with van der Waals surface area (Å²) in [7, 11) is 0. The fourth-order valence-corrected chi connectivity index (χ4v) is 8.27. The lowest BCUT2D eigenvalue weighted by molar-refractivity contribution is -0.145. The molecule has 1 heterocycles. The van der Waals surface area contributed by atoms with Crippen LogP contribution in [0, 0.1) is 23.7 Å². The number of benzene rings is 1. The van der Waals surface area contributed by atoms with Crippen LogP contribution in [0.4, 0.5) is 0 Å². The van der Waals surface area contributed by atoms with E-state index in [1.54, 1.807) is 59.9 Å². The summed E-state index contributed by atoms with van der Waals surface area (Å²) in [5.74, 6) is -8.49. The number of carboxylic acids is 1. The predicted molar refractivity (Wildman–Crippen MR) is 266 cm³/mol. The Bertz CT molecular complexity index is 1970. The highest BCUT2D eigenvalue weighted by Gasteiger charge is 2.42. The van der Waals surface area contributed by atoms with Crippen LogP contribution in [0.5, 0.6) is 5.75 Å². The van der Waals surface area contributed by atoms with Crippen LogP contribution >= 0.6 is 11.8 Å². The van der Waals surface area contributed by atoms with Crippen LogP contribution in [-0.4, -0.2) is 164 Å². The van der Waals surface area contributed by atoms with E-state index < -0.39 is 138 Å². The number of thioether (sulfide) groups is 1. The third-order valence-electron chi connectivity index (χ3n) is 12.3. The third kappa shape index (κ3) is 19.2. The van der Waals surface area contributed by atoms with Crippen molar-refractivity contribution in [1.82, 2.24) is 42.1 Å². The van der Waals surface area contributed by atoms with Crippen molar-refractivity contribution in [2.45, 2.75) is 161 Å². The van der Waals surface area contributed by atoms with Crippen LogP contribution < -0.4 is 43.0 Å². The predicted octanol–water partition coefficient (Wildman–Crippen LogP) is -0.738. The molecule has 0 aromatic heterocycles. The number of carbonyl (C=O) groups is 9. The minimum atomic E-state index is -1.64. The average molecular weight is 1020 g/mol. The number of aliphatic hydroxyl groups excluding tert-OH is 2. The van der Waals surface area contributed by atoms with Gasteiger partial charge in [0.05, 0.1) is 12.7 Å². The molecule has 0 spiro atoms. The minimum absolute atomic E-state index is 0.0323. The molecule has 22 nitrogen and oxygen atoms in total. The number of nitrogens with two attached hydrogens (primary N) is 1. The van der Waals surface area contributed by atoms with Gasteiger partial charge in [0.2, 0.25) is 47.3 Å². The molecule has 0 unspecified atom stereocenters. The first-order valence-corrected chi connectivity index (χ1v) is 25.6. The molecule has 1 aromatic carbocycles. The summed E-state index contributed by atoms with van der Waals surface area (Å²) >= 11 is 1.40. The molecule has 1 aromatic rings. The molecular formula is C48H79N9O13S. The summed E-state index contributed by atoms with van der Waals surface area (Å²) in [6.45, 7) is 14.5. The van der Waals surface area contributed by atoms with Gasteiger partial charge in [-0.3, -0.25) is 38.4 Å². The second kappa shape index (κ2) is 29.7. The number of carbonyl (C=O) groups excluding carboxylic acids is 8. The van der Waals surface area contributed by atoms with Crippen molar-refractivity contribution in [2.24, 2.45) is 29.4 Å². The number of phenolic OH excluding ortho intramolecular Hbond substituents is 1. The van der Waals surface area contributed by atoms with Gasteiger partial charge in [-0.1, -0.05) is 73.9 Å². The summed E-state index contributed by atoms with van der Waals surface area (Å²) in [6.07, 6.45) is 1.60. The fourth-order valence-electron chi connectivity index (χ4n) is 7.80. The molecule has 400 valence electrons. The van der Waals surface area contributed by atoms with E-state index in [1.807, 2.05) is 13.8 Å². The zero-order valence-electron chi connectivity index (χ0n) is 42.7. The summed E-state index contributed by atoms with van der Waals surface area (Å²) < 4.78 is 0. The zero-order valence-corrected chi connectivity index (χ0v) is 43.5. The van der Waals surface area contributed by atoms with Crippen molar-refractivity contribution >= 4 is 65.0 Å². The molecule has 8 amide bonds. The van der Waals surface area contributed by atoms with Crippen molar-refractivity contribution in [1.29, 1.82) is 0 Å². The number of phenols is 1. The second-order valence-corrected chi connectivity index (χ2v) is 20.3. The Kier molecular flexibility index (Phi) is 25.8. The van der Waals surface area contributed by atoms with E-state index in [1.165, 1.54) is 35.7 Å². The number of hydrogen-bond donors (Lipinski definition) is 12. The van der Waals surface area contributed by atoms with E-state index in [9.17, 15) is 63.6 Å². The number of aliphatic carboxylic acids is 1. The van der Waals surface area contributed by atoms with E-state index >= 15 is 0 Å². The lowest BCUT2D eigenvalue weighted by Crippen LogP contribution is -2.62. The van der Waals surface area contributed by atoms with Gasteiger partial charge in [0, 0.05) is 13.0 Å². The average Bonchev–Trinajstić information content (AvgIpc) is 3.81. The summed E-state index contributed by atoms with van der Waals surface area (Å²) in [4.78, 5) is 124. The van der Waals surface area contributed by atoms with Gasteiger partial charge in [-0.2, -0.15) is 11.8 Å². The number of rotatable bonds is 29. The molecule has 11 atom stereocenters. The molecule has 1 fully saturated rings. The summed E-state index contributed by atoms with van der Waals surface area (Å²) in [5, 5.41) is 57.3. The summed E-state index contributed by atoms with van der Waals surface area (Å²) in [6, 6.07) is -5.33. The van der Waals surface area contributed by atoms with Crippen LogP contribution in [0.2, 0.25) is 0 Å². The van der Waals surface area contributed by atoms with Gasteiger partial charge in [-0.25, -0.2) is 4.79 Å². The highest BCUT2D eigenvalue weighted by Crippen LogP contribution is 2.22. The molecule has 1 aliphatic heterocycles. The van der Waals surface area contributed by atoms with Gasteiger partial charge in [-0.05, 0) is 86.0 Å². The Morgan fingerprint density at radius 2 is 1.23 bits per heavy atom. The van der Waals surface area contributed by atoms with Gasteiger partial charge < -0.3 is 68.3 Å². The van der Waals surface area contributed by atoms with Crippen LogP contribution in [-0.2, 0) is 49.6 Å². The lowest BCUT2D eigenvalue weighted by Gasteiger charge is -2.33. The first-order valence-electron chi connectivity index (χ1n) is 24.2. The molecule has 0 bridgehead atoms. The van der Waals surface area contributed by atoms with Gasteiger partial charge in [0.25, 0.3) is 0 Å². The van der Waals surface area contributed by atoms with Gasteiger partial charge >= 0.3 is 5.97 Å². The monoisotopic (exact) mass is 1020 g/mol. The van der Waals surface area contributed by atoms with E-state index in [0.29, 0.717) is 24.2 Å². The molecule has 0 saturated carbocycles. The maximum Gasteiger partial charge on any atom is 0.328 e. The molecule has 2 rings (SSSR count). The maximum atomic E-state index is 14.5. The Labute approximate surface area is 420 Å². The van der Waals surface area contributed by atoms with Crippen LogP contribution in [0.1, 0.15) is 100.0 Å². The highest BCUT2D eigenvalue weighted by molar-refractivity contribution is 7.98. The van der Waals surface area contributed by atoms with Gasteiger partial charge in [0.1, 0.15) is 54.1 Å². The number of aromatic hydroxyl groups is 1. The SMILES string of the molecule is CC[C@H](C)[C@H](NC(=O)[C@H](CCSC)NC(=O)[C@@H](NC(=O)[C@@H]1CCCN1C(=O)[C@@H](NC(=O)[C@H](Cc1ccc(O)cc1)NC(=O)[C@H](CC(C)C)NC(=O)[C@@H](N)CO)C(C)C)C(C)C)C(=O)N[C@H](C(=O)O)[C@@H](C)O. The highest BCUT2D eigenvalue weighted by atomic mass is 32.2. The Morgan fingerprint density at radius 1 is 0.704 bits per heavy atom. The van der Waals surface area contributed by atoms with Gasteiger partial charge in [-0.15, -0.1) is 0 Å². The third-order valence-corrected chi connectivity index (χ3v) is 12.9. The number of carboxylic acid groups (broad SMARTS) is 1. The first kappa shape index (κ1) is 61.6. The van der Waals surface area contributed by atoms with E-state index in [4.69, 9.17) is 5.73 Å². The second-order valence-electron chi connectivity index (χ2n) is 19.3. The van der Waals surface area contributed by atoms with Crippen molar-refractivity contribution in [3.8, 4) is 5.75 Å². The number of hydrogen-bond acceptors (Lipinski definition) is 14. The largest absolute Gasteiger partial charge is 0.508 e. The number of amides is 8. The molecule has 1 saturated heterocycles. The van der Waals surface area contributed by atoms with Crippen molar-refractivity contribution in [2.75, 3.05) is 25.2 Å². The summed E-state index contributed by atoms with van der Waals surface area (Å²) in [5.41, 5.74) is 6.24. The standard InChI is InChI=1S/C48H79N9O13S/c1-11-27(8)38(46(67)56-39(28(9)59)48(69)70)55-41(62)32(18-20-71-10)50-45(66)36(25(4)5)53-44(65)35-13-12-19-57(35)47(68)37(26(6)7)54-43(64)34(22-29-14-16-30(60)17-15-29)52-42(63)33(21-24(2)3)51-40(61)31(49)23-58/h14-17,24-28,31-39,58-60H,11-13,18-23,49H2,1-10H3,(H,50,66)(H,51,61)(H,52,63)(H,53,65)(H,54,64)(H,55,62)(H,56,67)(H,69,70)/t27-,28+,31-,32-,33-,34-,35-,36-,37-,38-,39-/m0/s1. The smallest absolute Gasteiger partial charge is 0.328 e. The maximum absolute atomic E-state index is 14.5. The van der Waals surface area contributed by atoms with Crippen molar-refractivity contribution in [3.63, 3.8) is 0 Å². The Morgan fingerprint density at radius 3 is 1.75 bits per heavy atom. The molecule has 0 radical (unpaired) electrons. The van der Waals surface area contributed by atoms with E-state index in [2.05, 4.69) is 37.2 Å². The number of nitrogens with zero attached hydrogens (tertiary/aromatic N) is 1. The first-order chi connectivity index (χ1) is 33.3. The van der Waals surface area contributed by atoms with E-state index in [0.717, 1.165) is 0 Å². The fraction of sp³-hybridized carbons (Fsp3) is 0.688. The quantitative estimate of drug-likeness (QED) is 0.0471. The molecular weight excluding hydrogens is 943 g/mol. The van der Waals surface area contributed by atoms with Crippen molar-refractivity contribution < 1.29 is 63.6 Å². The normalized spacial score (nSPS) is 17.9. The van der Waals surface area contributed by atoms with Gasteiger partial charge in [0.15, 0.2) is 6.04 Å². The molecule has 1 aliphatic rings. The Balaban J connectivity index is 2.37. The topological polar surface area (TPSA) is 348 Å². The Hall–Kier alpha value is -5.52. The minimum Gasteiger partial charge on any atom is -0.508 e. The molecule has 71 heavy (non-hydrogen) atoms. The lowest BCUT2D eigenvalue weighted by atomic mass is 9.97. The van der Waals surface area contributed by atoms with Crippen molar-refractivity contribution in [3.05, 3.63) is 29.8 Å². The van der Waals surface area contributed by atoms with Crippen LogP contribution in [0.15, 0.2) is 24.3 Å². The zero-order chi connectivity index (χ0) is 53.9. The number of likely N-dealkylation sites (tertiary alicyclic amines) is 1. The molecule has 0 aliphatic carbocycles. The molecule has 23 heteroatoms. The van der Waals surface area contributed by atoms with Crippen LogP contribution in [0.3, 0.4) is 0 Å². The van der Waals surface area contributed by atoms with E-state index in [-0.39, 0.29) is 43.9 Å². The number of nitrogens with one attached hydrogen (secondary N) is 7. The van der Waals surface area contributed by atoms with Crippen LogP contribution in [0.25, 0.3) is 0 Å². The number of aliphatic hydroxyl groups is 2. The molecule has 13 N–H and O–H groups in total.